The van der Waals surface area contributed by atoms with Crippen molar-refractivity contribution in [2.24, 2.45) is 0 Å². The fourth-order valence-electron chi connectivity index (χ4n) is 4.23. The van der Waals surface area contributed by atoms with E-state index in [-0.39, 0.29) is 5.91 Å². The van der Waals surface area contributed by atoms with E-state index in [1.54, 1.807) is 0 Å². The summed E-state index contributed by atoms with van der Waals surface area (Å²) in [5.41, 5.74) is 1.98. The van der Waals surface area contributed by atoms with Gasteiger partial charge in [0.05, 0.1) is 0 Å². The van der Waals surface area contributed by atoms with Crippen LogP contribution in [0.4, 0.5) is 0 Å². The molecule has 0 bridgehead atoms. The molecule has 2 aliphatic rings. The number of hydrogen-bond acceptors (Lipinski definition) is 2. The molecule has 24 heavy (non-hydrogen) atoms. The summed E-state index contributed by atoms with van der Waals surface area (Å²) in [7, 11) is 0. The minimum atomic E-state index is 0.244. The highest BCUT2D eigenvalue weighted by Crippen LogP contribution is 2.24. The smallest absolute Gasteiger partial charge is 0.254 e. The third-order valence-corrected chi connectivity index (χ3v) is 5.74. The van der Waals surface area contributed by atoms with Crippen LogP contribution in [-0.4, -0.2) is 47.9 Å². The Hall–Kier alpha value is -1.35. The second-order valence-corrected chi connectivity index (χ2v) is 7.51. The summed E-state index contributed by atoms with van der Waals surface area (Å²) < 4.78 is 0. The van der Waals surface area contributed by atoms with Crippen LogP contribution in [0.15, 0.2) is 24.3 Å². The molecule has 1 atom stereocenters. The molecule has 3 rings (SSSR count). The molecule has 0 saturated carbocycles. The van der Waals surface area contributed by atoms with Crippen LogP contribution < -0.4 is 0 Å². The molecule has 1 aromatic carbocycles. The zero-order valence-electron chi connectivity index (χ0n) is 15.2. The number of aryl methyl sites for hydroxylation is 1. The van der Waals surface area contributed by atoms with E-state index in [0.717, 1.165) is 37.1 Å². The van der Waals surface area contributed by atoms with E-state index in [1.165, 1.54) is 51.6 Å². The topological polar surface area (TPSA) is 23.6 Å². The number of hydrogen-bond donors (Lipinski definition) is 0. The van der Waals surface area contributed by atoms with E-state index in [9.17, 15) is 4.79 Å². The Kier molecular flexibility index (Phi) is 6.30. The molecule has 0 unspecified atom stereocenters. The van der Waals surface area contributed by atoms with Crippen LogP contribution in [-0.2, 0) is 0 Å². The highest BCUT2D eigenvalue weighted by molar-refractivity contribution is 5.95. The van der Waals surface area contributed by atoms with Crippen molar-refractivity contribution >= 4 is 5.91 Å². The third-order valence-electron chi connectivity index (χ3n) is 5.74. The number of benzene rings is 1. The zero-order valence-corrected chi connectivity index (χ0v) is 15.2. The minimum Gasteiger partial charge on any atom is -0.336 e. The molecule has 1 amide bonds. The van der Waals surface area contributed by atoms with E-state index >= 15 is 0 Å². The Labute approximate surface area is 147 Å². The van der Waals surface area contributed by atoms with Gasteiger partial charge in [0.15, 0.2) is 0 Å². The molecule has 0 radical (unpaired) electrons. The number of nitrogens with zero attached hydrogens (tertiary/aromatic N) is 2. The Morgan fingerprint density at radius 3 is 2.46 bits per heavy atom. The average molecular weight is 329 g/mol. The highest BCUT2D eigenvalue weighted by atomic mass is 16.2. The second kappa shape index (κ2) is 8.66. The van der Waals surface area contributed by atoms with E-state index in [1.807, 2.05) is 31.2 Å². The van der Waals surface area contributed by atoms with Gasteiger partial charge in [-0.1, -0.05) is 31.0 Å². The van der Waals surface area contributed by atoms with Crippen molar-refractivity contribution in [1.29, 1.82) is 0 Å². The monoisotopic (exact) mass is 328 g/mol. The predicted molar refractivity (Wildman–Crippen MR) is 99.4 cm³/mol. The summed E-state index contributed by atoms with van der Waals surface area (Å²) in [6.45, 7) is 6.63. The number of carbonyl (C=O) groups excluding carboxylic acids is 1. The normalized spacial score (nSPS) is 23.0. The predicted octanol–water partition coefficient (Wildman–Crippen LogP) is 4.26. The Morgan fingerprint density at radius 2 is 1.71 bits per heavy atom. The van der Waals surface area contributed by atoms with Crippen molar-refractivity contribution in [3.63, 3.8) is 0 Å². The van der Waals surface area contributed by atoms with E-state index < -0.39 is 0 Å². The van der Waals surface area contributed by atoms with Crippen LogP contribution in [0, 0.1) is 6.92 Å². The van der Waals surface area contributed by atoms with Crippen LogP contribution in [0.2, 0.25) is 0 Å². The van der Waals surface area contributed by atoms with Crippen LogP contribution in [0.25, 0.3) is 0 Å². The lowest BCUT2D eigenvalue weighted by molar-refractivity contribution is 0.0583. The molecule has 2 aliphatic heterocycles. The molecule has 0 spiro atoms. The van der Waals surface area contributed by atoms with Gasteiger partial charge in [-0.2, -0.15) is 0 Å². The van der Waals surface area contributed by atoms with Gasteiger partial charge in [0.2, 0.25) is 0 Å². The summed E-state index contributed by atoms with van der Waals surface area (Å²) in [5, 5.41) is 0. The summed E-state index contributed by atoms with van der Waals surface area (Å²) in [6.07, 6.45) is 10.2. The summed E-state index contributed by atoms with van der Waals surface area (Å²) in [6, 6.07) is 8.45. The van der Waals surface area contributed by atoms with Crippen molar-refractivity contribution in [2.75, 3.05) is 26.2 Å². The first kappa shape index (κ1) is 17.5. The largest absolute Gasteiger partial charge is 0.336 e. The lowest BCUT2D eigenvalue weighted by Crippen LogP contribution is -2.45. The fourth-order valence-corrected chi connectivity index (χ4v) is 4.23. The van der Waals surface area contributed by atoms with Crippen molar-refractivity contribution in [3.05, 3.63) is 35.4 Å². The molecule has 3 heteroatoms. The molecular formula is C21H32N2O. The van der Waals surface area contributed by atoms with Crippen LogP contribution in [0.3, 0.4) is 0 Å². The summed E-state index contributed by atoms with van der Waals surface area (Å²) in [4.78, 5) is 17.8. The third kappa shape index (κ3) is 4.38. The summed E-state index contributed by atoms with van der Waals surface area (Å²) in [5.74, 6) is 0.244. The first-order chi connectivity index (χ1) is 11.8. The van der Waals surface area contributed by atoms with Gasteiger partial charge in [-0.3, -0.25) is 4.79 Å². The van der Waals surface area contributed by atoms with Gasteiger partial charge in [0.25, 0.3) is 5.91 Å². The Morgan fingerprint density at radius 1 is 1.00 bits per heavy atom. The molecule has 2 fully saturated rings. The maximum Gasteiger partial charge on any atom is 0.254 e. The molecular weight excluding hydrogens is 296 g/mol. The lowest BCUT2D eigenvalue weighted by Gasteiger charge is -2.37. The molecule has 2 heterocycles. The number of piperidine rings is 1. The van der Waals surface area contributed by atoms with Gasteiger partial charge >= 0.3 is 0 Å². The van der Waals surface area contributed by atoms with Crippen LogP contribution in [0.1, 0.15) is 67.3 Å². The molecule has 132 valence electrons. The van der Waals surface area contributed by atoms with Gasteiger partial charge in [0.1, 0.15) is 0 Å². The SMILES string of the molecule is Cc1ccccc1C(=O)N1CCCC[C@@H]1CCN1CCCCCC1. The highest BCUT2D eigenvalue weighted by Gasteiger charge is 2.28. The number of likely N-dealkylation sites (tertiary alicyclic amines) is 2. The Bertz CT molecular complexity index is 534. The van der Waals surface area contributed by atoms with Crippen LogP contribution >= 0.6 is 0 Å². The number of carbonyl (C=O) groups is 1. The van der Waals surface area contributed by atoms with E-state index in [4.69, 9.17) is 0 Å². The minimum absolute atomic E-state index is 0.244. The van der Waals surface area contributed by atoms with Crippen LogP contribution in [0.5, 0.6) is 0 Å². The Balaban J connectivity index is 1.62. The first-order valence-corrected chi connectivity index (χ1v) is 9.84. The second-order valence-electron chi connectivity index (χ2n) is 7.51. The number of rotatable bonds is 4. The van der Waals surface area contributed by atoms with Crippen molar-refractivity contribution < 1.29 is 4.79 Å². The van der Waals surface area contributed by atoms with E-state index in [0.29, 0.717) is 6.04 Å². The molecule has 0 N–H and O–H groups in total. The van der Waals surface area contributed by atoms with Crippen molar-refractivity contribution in [1.82, 2.24) is 9.80 Å². The van der Waals surface area contributed by atoms with Gasteiger partial charge in [-0.15, -0.1) is 0 Å². The molecule has 3 nitrogen and oxygen atoms in total. The molecule has 1 aromatic rings. The maximum atomic E-state index is 13.0. The molecule has 2 saturated heterocycles. The van der Waals surface area contributed by atoms with Gasteiger partial charge in [0, 0.05) is 24.7 Å². The van der Waals surface area contributed by atoms with Gasteiger partial charge < -0.3 is 9.80 Å². The fraction of sp³-hybridized carbons (Fsp3) is 0.667. The van der Waals surface area contributed by atoms with Gasteiger partial charge in [-0.05, 0) is 70.2 Å². The molecule has 0 aromatic heterocycles. The first-order valence-electron chi connectivity index (χ1n) is 9.84. The van der Waals surface area contributed by atoms with Gasteiger partial charge in [-0.25, -0.2) is 0 Å². The number of amides is 1. The van der Waals surface area contributed by atoms with Crippen molar-refractivity contribution in [3.8, 4) is 0 Å². The lowest BCUT2D eigenvalue weighted by atomic mass is 9.97. The molecule has 0 aliphatic carbocycles. The standard InChI is InChI=1S/C21H32N2O/c1-18-10-4-5-12-20(18)21(24)23-16-9-6-11-19(23)13-17-22-14-7-2-3-8-15-22/h4-5,10,12,19H,2-3,6-9,11,13-17H2,1H3/t19-/m1/s1. The maximum absolute atomic E-state index is 13.0. The summed E-state index contributed by atoms with van der Waals surface area (Å²) >= 11 is 0. The average Bonchev–Trinajstić information content (AvgIpc) is 2.89. The van der Waals surface area contributed by atoms with Crippen molar-refractivity contribution in [2.45, 2.75) is 64.3 Å². The van der Waals surface area contributed by atoms with E-state index in [2.05, 4.69) is 9.80 Å². The zero-order chi connectivity index (χ0) is 16.8. The quantitative estimate of drug-likeness (QED) is 0.824.